The number of fused-ring (bicyclic) bond motifs is 1. The lowest BCUT2D eigenvalue weighted by Crippen LogP contribution is -2.50. The van der Waals surface area contributed by atoms with E-state index in [1.807, 2.05) is 6.92 Å². The van der Waals surface area contributed by atoms with E-state index in [0.717, 1.165) is 18.4 Å². The lowest BCUT2D eigenvalue weighted by molar-refractivity contribution is -0.138. The highest BCUT2D eigenvalue weighted by Crippen LogP contribution is 2.65. The molecule has 3 aliphatic rings. The smallest absolute Gasteiger partial charge is 0.195 e. The maximum Gasteiger partial charge on any atom is 0.195 e. The van der Waals surface area contributed by atoms with E-state index in [2.05, 4.69) is 0 Å². The van der Waals surface area contributed by atoms with E-state index < -0.39 is 22.5 Å². The number of Topliss-reactive ketones (excluding diaryl/α,β-unsaturated/α-hetero) is 1. The molecule has 0 saturated heterocycles. The van der Waals surface area contributed by atoms with E-state index in [1.165, 1.54) is 0 Å². The number of rotatable bonds is 1. The van der Waals surface area contributed by atoms with Crippen molar-refractivity contribution >= 4 is 5.78 Å². The summed E-state index contributed by atoms with van der Waals surface area (Å²) in [6, 6.07) is 0. The number of ketones is 1. The third-order valence-electron chi connectivity index (χ3n) is 5.49. The van der Waals surface area contributed by atoms with Gasteiger partial charge in [-0.2, -0.15) is 0 Å². The Morgan fingerprint density at radius 2 is 1.95 bits per heavy atom. The van der Waals surface area contributed by atoms with Crippen molar-refractivity contribution in [3.8, 4) is 0 Å². The molecule has 0 aromatic rings. The summed E-state index contributed by atoms with van der Waals surface area (Å²) in [5.41, 5.74) is -0.800. The third-order valence-corrected chi connectivity index (χ3v) is 5.49. The fraction of sp³-hybridized carbons (Fsp3) is 0.667. The van der Waals surface area contributed by atoms with Crippen LogP contribution < -0.4 is 0 Å². The first-order chi connectivity index (χ1) is 8.71. The van der Waals surface area contributed by atoms with Crippen molar-refractivity contribution in [3.63, 3.8) is 0 Å². The van der Waals surface area contributed by atoms with E-state index in [-0.39, 0.29) is 12.4 Å². The maximum atomic E-state index is 12.5. The molecule has 0 heterocycles. The van der Waals surface area contributed by atoms with Gasteiger partial charge in [-0.25, -0.2) is 0 Å². The monoisotopic (exact) mass is 264 g/mol. The number of carbonyl (C=O) groups is 1. The molecule has 4 nitrogen and oxygen atoms in total. The van der Waals surface area contributed by atoms with Crippen LogP contribution in [0.4, 0.5) is 0 Å². The minimum absolute atomic E-state index is 0.225. The summed E-state index contributed by atoms with van der Waals surface area (Å²) in [7, 11) is 0. The molecule has 0 aromatic carbocycles. The van der Waals surface area contributed by atoms with Crippen molar-refractivity contribution < 1.29 is 20.1 Å². The molecule has 19 heavy (non-hydrogen) atoms. The van der Waals surface area contributed by atoms with Crippen molar-refractivity contribution in [3.05, 3.63) is 22.8 Å². The molecule has 1 saturated carbocycles. The predicted molar refractivity (Wildman–Crippen MR) is 69.3 cm³/mol. The zero-order valence-corrected chi connectivity index (χ0v) is 11.5. The highest BCUT2D eigenvalue weighted by molar-refractivity contribution is 6.09. The van der Waals surface area contributed by atoms with E-state index in [9.17, 15) is 20.1 Å². The first-order valence-electron chi connectivity index (χ1n) is 6.72. The lowest BCUT2D eigenvalue weighted by atomic mass is 9.67. The normalized spacial score (nSPS) is 43.6. The molecule has 3 aliphatic carbocycles. The summed E-state index contributed by atoms with van der Waals surface area (Å²) < 4.78 is 0. The van der Waals surface area contributed by atoms with Crippen molar-refractivity contribution in [2.75, 3.05) is 6.61 Å². The van der Waals surface area contributed by atoms with Crippen LogP contribution in [0.3, 0.4) is 0 Å². The molecule has 0 aliphatic heterocycles. The molecule has 0 unspecified atom stereocenters. The highest BCUT2D eigenvalue weighted by Gasteiger charge is 2.66. The van der Waals surface area contributed by atoms with Gasteiger partial charge in [-0.3, -0.25) is 4.79 Å². The number of aliphatic hydroxyl groups excluding tert-OH is 2. The van der Waals surface area contributed by atoms with Gasteiger partial charge in [-0.1, -0.05) is 18.6 Å². The second-order valence-corrected chi connectivity index (χ2v) is 6.65. The van der Waals surface area contributed by atoms with E-state index in [4.69, 9.17) is 0 Å². The molecule has 0 radical (unpaired) electrons. The molecule has 1 spiro atoms. The molecule has 1 fully saturated rings. The van der Waals surface area contributed by atoms with Crippen molar-refractivity contribution in [2.45, 2.75) is 45.3 Å². The van der Waals surface area contributed by atoms with Gasteiger partial charge < -0.3 is 15.3 Å². The zero-order chi connectivity index (χ0) is 14.2. The minimum Gasteiger partial charge on any atom is -0.395 e. The summed E-state index contributed by atoms with van der Waals surface area (Å²) in [5, 5.41) is 30.6. The molecular formula is C15H20O4. The van der Waals surface area contributed by atoms with Crippen LogP contribution in [0.2, 0.25) is 0 Å². The van der Waals surface area contributed by atoms with Crippen LogP contribution in [0.25, 0.3) is 0 Å². The van der Waals surface area contributed by atoms with Gasteiger partial charge in [0.2, 0.25) is 0 Å². The molecular weight excluding hydrogens is 244 g/mol. The van der Waals surface area contributed by atoms with Gasteiger partial charge in [0.25, 0.3) is 0 Å². The Kier molecular flexibility index (Phi) is 2.31. The fourth-order valence-corrected chi connectivity index (χ4v) is 3.78. The molecule has 3 rings (SSSR count). The molecule has 0 bridgehead atoms. The Bertz CT molecular complexity index is 536. The first-order valence-corrected chi connectivity index (χ1v) is 6.72. The van der Waals surface area contributed by atoms with Crippen LogP contribution >= 0.6 is 0 Å². The Hall–Kier alpha value is -0.970. The maximum absolute atomic E-state index is 12.5. The standard InChI is InChI=1S/C15H20O4/c1-8-10-9(6-13(2,7-16)12(10)18)11(17)14(3,19)15(8)4-5-15/h6,12,16,18-19H,4-5,7H2,1-3H3/t12-,13-,14-/m1/s1. The van der Waals surface area contributed by atoms with Gasteiger partial charge in [0.05, 0.1) is 12.7 Å². The Labute approximate surface area is 112 Å². The van der Waals surface area contributed by atoms with Gasteiger partial charge in [0.1, 0.15) is 5.60 Å². The number of hydrogen-bond acceptors (Lipinski definition) is 4. The van der Waals surface area contributed by atoms with Gasteiger partial charge >= 0.3 is 0 Å². The van der Waals surface area contributed by atoms with E-state index in [0.29, 0.717) is 11.1 Å². The summed E-state index contributed by atoms with van der Waals surface area (Å²) in [4.78, 5) is 12.5. The number of carbonyl (C=O) groups excluding carboxylic acids is 1. The first kappa shape index (κ1) is 13.0. The highest BCUT2D eigenvalue weighted by atomic mass is 16.3. The third kappa shape index (κ3) is 1.27. The van der Waals surface area contributed by atoms with E-state index >= 15 is 0 Å². The van der Waals surface area contributed by atoms with Crippen LogP contribution in [0.5, 0.6) is 0 Å². The van der Waals surface area contributed by atoms with Crippen molar-refractivity contribution in [1.29, 1.82) is 0 Å². The summed E-state index contributed by atoms with van der Waals surface area (Å²) in [6.45, 7) is 4.97. The molecule has 3 N–H and O–H groups in total. The molecule has 4 heteroatoms. The van der Waals surface area contributed by atoms with Gasteiger partial charge in [-0.15, -0.1) is 0 Å². The van der Waals surface area contributed by atoms with E-state index in [1.54, 1.807) is 19.9 Å². The summed E-state index contributed by atoms with van der Waals surface area (Å²) in [6.07, 6.45) is 2.31. The number of aliphatic hydroxyl groups is 3. The summed E-state index contributed by atoms with van der Waals surface area (Å²) >= 11 is 0. The van der Waals surface area contributed by atoms with Crippen LogP contribution in [-0.2, 0) is 4.79 Å². The van der Waals surface area contributed by atoms with Gasteiger partial charge in [-0.05, 0) is 32.3 Å². The average molecular weight is 264 g/mol. The SMILES string of the molecule is CC1=C2C(=C[C@](C)(CO)[C@@H]2O)C(=O)[C@@](C)(O)C12CC2. The average Bonchev–Trinajstić information content (AvgIpc) is 3.12. The lowest BCUT2D eigenvalue weighted by Gasteiger charge is -2.39. The summed E-state index contributed by atoms with van der Waals surface area (Å²) in [5.74, 6) is -0.318. The van der Waals surface area contributed by atoms with Crippen molar-refractivity contribution in [2.24, 2.45) is 10.8 Å². The topological polar surface area (TPSA) is 77.8 Å². The Morgan fingerprint density at radius 3 is 2.42 bits per heavy atom. The van der Waals surface area contributed by atoms with Crippen LogP contribution in [0.15, 0.2) is 22.8 Å². The van der Waals surface area contributed by atoms with Crippen LogP contribution in [0.1, 0.15) is 33.6 Å². The Morgan fingerprint density at radius 1 is 1.37 bits per heavy atom. The Balaban J connectivity index is 2.25. The van der Waals surface area contributed by atoms with Crippen molar-refractivity contribution in [1.82, 2.24) is 0 Å². The van der Waals surface area contributed by atoms with Crippen LogP contribution in [-0.4, -0.2) is 39.4 Å². The molecule has 3 atom stereocenters. The molecule has 0 amide bonds. The zero-order valence-electron chi connectivity index (χ0n) is 11.5. The quantitative estimate of drug-likeness (QED) is 0.652. The predicted octanol–water partition coefficient (Wildman–Crippen LogP) is 0.716. The second kappa shape index (κ2) is 3.37. The van der Waals surface area contributed by atoms with Crippen LogP contribution in [0, 0.1) is 10.8 Å². The minimum atomic E-state index is -1.40. The van der Waals surface area contributed by atoms with Gasteiger partial charge in [0, 0.05) is 16.4 Å². The largest absolute Gasteiger partial charge is 0.395 e. The van der Waals surface area contributed by atoms with Gasteiger partial charge in [0.15, 0.2) is 5.78 Å². The molecule has 104 valence electrons. The second-order valence-electron chi connectivity index (χ2n) is 6.65. The molecule has 0 aromatic heterocycles. The number of hydrogen-bond donors (Lipinski definition) is 3. The fourth-order valence-electron chi connectivity index (χ4n) is 3.78.